The van der Waals surface area contributed by atoms with E-state index in [0.717, 1.165) is 49.4 Å². The van der Waals surface area contributed by atoms with Crippen molar-refractivity contribution in [3.8, 4) is 17.7 Å². The number of ether oxygens (including phenoxy) is 1. The van der Waals surface area contributed by atoms with Crippen molar-refractivity contribution in [2.75, 3.05) is 62.7 Å². The van der Waals surface area contributed by atoms with E-state index in [2.05, 4.69) is 29.5 Å². The van der Waals surface area contributed by atoms with Gasteiger partial charge in [-0.25, -0.2) is 9.37 Å². The summed E-state index contributed by atoms with van der Waals surface area (Å²) in [5.41, 5.74) is 3.16. The average molecular weight is 533 g/mol. The van der Waals surface area contributed by atoms with Gasteiger partial charge in [-0.2, -0.15) is 5.26 Å². The molecule has 1 spiro atoms. The smallest absolute Gasteiger partial charge is 0.245 e. The summed E-state index contributed by atoms with van der Waals surface area (Å²) in [5.74, 6) is -0.339. The van der Waals surface area contributed by atoms with E-state index >= 15 is 0 Å². The lowest BCUT2D eigenvalue weighted by Gasteiger charge is -2.61. The number of amides is 1. The number of fused-ring (bicyclic) bond motifs is 1. The maximum atomic E-state index is 14.7. The second-order valence-electron chi connectivity index (χ2n) is 11.3. The van der Waals surface area contributed by atoms with Gasteiger partial charge >= 0.3 is 0 Å². The summed E-state index contributed by atoms with van der Waals surface area (Å²) in [5, 5.41) is 20.7. The van der Waals surface area contributed by atoms with Crippen LogP contribution in [0.4, 0.5) is 15.8 Å². The Kier molecular flexibility index (Phi) is 6.34. The molecule has 4 aliphatic rings. The highest BCUT2D eigenvalue weighted by Gasteiger charge is 2.54. The normalized spacial score (nSPS) is 21.7. The van der Waals surface area contributed by atoms with Crippen LogP contribution >= 0.6 is 0 Å². The zero-order chi connectivity index (χ0) is 27.3. The summed E-state index contributed by atoms with van der Waals surface area (Å²) in [7, 11) is 2.08. The maximum Gasteiger partial charge on any atom is 0.245 e. The summed E-state index contributed by atoms with van der Waals surface area (Å²) >= 11 is 0. The van der Waals surface area contributed by atoms with Crippen molar-refractivity contribution in [2.45, 2.75) is 31.8 Å². The van der Waals surface area contributed by atoms with Crippen LogP contribution in [0.5, 0.6) is 11.6 Å². The zero-order valence-electron chi connectivity index (χ0n) is 22.2. The minimum absolute atomic E-state index is 0.0226. The van der Waals surface area contributed by atoms with Crippen molar-refractivity contribution in [1.29, 1.82) is 5.26 Å². The first kappa shape index (κ1) is 25.4. The molecule has 204 valence electrons. The minimum Gasteiger partial charge on any atom is -0.506 e. The van der Waals surface area contributed by atoms with Gasteiger partial charge in [0.1, 0.15) is 35.5 Å². The molecule has 0 bridgehead atoms. The molecule has 0 radical (unpaired) electrons. The number of hydrogen-bond acceptors (Lipinski definition) is 8. The fourth-order valence-corrected chi connectivity index (χ4v) is 6.63. The maximum absolute atomic E-state index is 14.7. The van der Waals surface area contributed by atoms with Gasteiger partial charge in [0.05, 0.1) is 17.9 Å². The Balaban J connectivity index is 1.32. The number of nitriles is 1. The van der Waals surface area contributed by atoms with Gasteiger partial charge < -0.3 is 29.4 Å². The Morgan fingerprint density at radius 2 is 2.08 bits per heavy atom. The SMILES string of the molecule is C=CC(=O)N1CC2(C1)CN(c1c(C#N)c(OCC3CCCN3C)nc3c1CCN(c1c(O)cccc1F)C3)C2. The van der Waals surface area contributed by atoms with Gasteiger partial charge in [-0.3, -0.25) is 4.79 Å². The van der Waals surface area contributed by atoms with E-state index in [1.165, 1.54) is 24.3 Å². The lowest BCUT2D eigenvalue weighted by Crippen LogP contribution is -2.73. The molecule has 10 heteroatoms. The molecule has 1 atom stereocenters. The highest BCUT2D eigenvalue weighted by atomic mass is 19.1. The number of rotatable bonds is 6. The zero-order valence-corrected chi connectivity index (χ0v) is 22.2. The van der Waals surface area contributed by atoms with Crippen LogP contribution in [0, 0.1) is 22.6 Å². The second kappa shape index (κ2) is 9.72. The topological polar surface area (TPSA) is 96.2 Å². The van der Waals surface area contributed by atoms with Crippen LogP contribution in [0.2, 0.25) is 0 Å². The van der Waals surface area contributed by atoms with E-state index in [1.54, 1.807) is 9.80 Å². The molecule has 5 heterocycles. The number of nitrogens with zero attached hydrogens (tertiary/aromatic N) is 6. The van der Waals surface area contributed by atoms with Crippen LogP contribution in [-0.2, 0) is 17.8 Å². The quantitative estimate of drug-likeness (QED) is 0.568. The van der Waals surface area contributed by atoms with Crippen LogP contribution < -0.4 is 14.5 Å². The number of phenolic OH excluding ortho intramolecular Hbond substituents is 1. The average Bonchev–Trinajstić information content (AvgIpc) is 3.29. The standard InChI is InChI=1S/C29H33FN6O3/c1-3-25(38)35-15-29(16-35)17-36(18-29)26-20-9-11-34(27-22(30)7-4-8-24(27)37)13-23(20)32-28(21(26)12-31)39-14-19-6-5-10-33(19)2/h3-4,7-8,19,37H,1,5-6,9-11,13-18H2,2H3. The van der Waals surface area contributed by atoms with Crippen LogP contribution in [0.1, 0.15) is 29.7 Å². The number of carbonyl (C=O) groups excluding carboxylic acids is 1. The van der Waals surface area contributed by atoms with Gasteiger partial charge in [-0.1, -0.05) is 12.6 Å². The van der Waals surface area contributed by atoms with Gasteiger partial charge in [0.25, 0.3) is 0 Å². The van der Waals surface area contributed by atoms with Crippen molar-refractivity contribution in [2.24, 2.45) is 5.41 Å². The van der Waals surface area contributed by atoms with Crippen molar-refractivity contribution >= 4 is 17.3 Å². The number of likely N-dealkylation sites (N-methyl/N-ethyl adjacent to an activating group) is 1. The fraction of sp³-hybridized carbons (Fsp3) is 0.483. The summed E-state index contributed by atoms with van der Waals surface area (Å²) in [6, 6.07) is 6.95. The predicted octanol–water partition coefficient (Wildman–Crippen LogP) is 2.67. The molecule has 9 nitrogen and oxygen atoms in total. The number of aromatic nitrogens is 1. The molecule has 1 amide bonds. The minimum atomic E-state index is -0.485. The number of likely N-dealkylation sites (tertiary alicyclic amines) is 2. The lowest BCUT2D eigenvalue weighted by molar-refractivity contribution is -0.139. The summed E-state index contributed by atoms with van der Waals surface area (Å²) < 4.78 is 21.0. The molecule has 0 saturated carbocycles. The second-order valence-corrected chi connectivity index (χ2v) is 11.3. The van der Waals surface area contributed by atoms with Crippen molar-refractivity contribution < 1.29 is 19.0 Å². The van der Waals surface area contributed by atoms with Crippen molar-refractivity contribution in [3.05, 3.63) is 53.5 Å². The van der Waals surface area contributed by atoms with Crippen LogP contribution in [0.25, 0.3) is 0 Å². The summed E-state index contributed by atoms with van der Waals surface area (Å²) in [4.78, 5) is 24.9. The molecule has 6 rings (SSSR count). The van der Waals surface area contributed by atoms with E-state index in [1.807, 2.05) is 0 Å². The Labute approximate surface area is 227 Å². The van der Waals surface area contributed by atoms with E-state index in [9.17, 15) is 19.6 Å². The summed E-state index contributed by atoms with van der Waals surface area (Å²) in [6.07, 6.45) is 4.04. The number of halogens is 1. The highest BCUT2D eigenvalue weighted by molar-refractivity contribution is 5.88. The van der Waals surface area contributed by atoms with Crippen molar-refractivity contribution in [1.82, 2.24) is 14.8 Å². The van der Waals surface area contributed by atoms with Crippen LogP contribution in [0.3, 0.4) is 0 Å². The first-order chi connectivity index (χ1) is 18.8. The molecule has 3 fully saturated rings. The number of hydrogen-bond donors (Lipinski definition) is 1. The third-order valence-corrected chi connectivity index (χ3v) is 8.68. The number of pyridine rings is 1. The van der Waals surface area contributed by atoms with Gasteiger partial charge in [-0.05, 0) is 51.1 Å². The predicted molar refractivity (Wildman–Crippen MR) is 144 cm³/mol. The van der Waals surface area contributed by atoms with Crippen LogP contribution in [-0.4, -0.2) is 84.8 Å². The van der Waals surface area contributed by atoms with Crippen molar-refractivity contribution in [3.63, 3.8) is 0 Å². The van der Waals surface area contributed by atoms with Gasteiger partial charge in [-0.15, -0.1) is 0 Å². The number of benzene rings is 1. The third-order valence-electron chi connectivity index (χ3n) is 8.68. The number of phenols is 1. The van der Waals surface area contributed by atoms with Crippen LogP contribution in [0.15, 0.2) is 30.9 Å². The molecular weight excluding hydrogens is 499 g/mol. The van der Waals surface area contributed by atoms with E-state index in [4.69, 9.17) is 9.72 Å². The van der Waals surface area contributed by atoms with Gasteiger partial charge in [0, 0.05) is 49.7 Å². The van der Waals surface area contributed by atoms with Gasteiger partial charge in [0.2, 0.25) is 11.8 Å². The lowest BCUT2D eigenvalue weighted by atomic mass is 9.72. The number of aromatic hydroxyl groups is 1. The Morgan fingerprint density at radius 3 is 2.74 bits per heavy atom. The number of carbonyl (C=O) groups is 1. The number of anilines is 2. The summed E-state index contributed by atoms with van der Waals surface area (Å²) in [6.45, 7) is 8.66. The molecule has 1 unspecified atom stereocenters. The molecule has 1 aromatic carbocycles. The van der Waals surface area contributed by atoms with E-state index in [0.29, 0.717) is 50.7 Å². The first-order valence-electron chi connectivity index (χ1n) is 13.5. The monoisotopic (exact) mass is 532 g/mol. The molecule has 1 aromatic heterocycles. The molecule has 39 heavy (non-hydrogen) atoms. The fourth-order valence-electron chi connectivity index (χ4n) is 6.63. The largest absolute Gasteiger partial charge is 0.506 e. The molecular formula is C29H33FN6O3. The molecule has 0 aliphatic carbocycles. The number of para-hydroxylation sites is 1. The molecule has 3 saturated heterocycles. The highest BCUT2D eigenvalue weighted by Crippen LogP contribution is 2.47. The van der Waals surface area contributed by atoms with Gasteiger partial charge in [0.15, 0.2) is 0 Å². The molecule has 4 aliphatic heterocycles. The van der Waals surface area contributed by atoms with E-state index in [-0.39, 0.29) is 28.8 Å². The molecule has 2 aromatic rings. The first-order valence-corrected chi connectivity index (χ1v) is 13.5. The Morgan fingerprint density at radius 1 is 1.28 bits per heavy atom. The molecule has 1 N–H and O–H groups in total. The Hall–Kier alpha value is -3.84. The Bertz CT molecular complexity index is 1340. The van der Waals surface area contributed by atoms with E-state index < -0.39 is 5.82 Å². The third kappa shape index (κ3) is 4.35.